The summed E-state index contributed by atoms with van der Waals surface area (Å²) in [7, 11) is -4.07. The van der Waals surface area contributed by atoms with Crippen LogP contribution in [0.5, 0.6) is 5.75 Å². The number of rotatable bonds is 1. The van der Waals surface area contributed by atoms with E-state index in [1.807, 2.05) is 25.1 Å². The number of anilines is 1. The molecule has 4 aliphatic rings. The zero-order valence-electron chi connectivity index (χ0n) is 27.2. The van der Waals surface area contributed by atoms with Crippen LogP contribution >= 0.6 is 11.6 Å². The van der Waals surface area contributed by atoms with E-state index in [2.05, 4.69) is 9.62 Å². The molecule has 2 fully saturated rings. The number of halogens is 1. The molecule has 3 heterocycles. The Morgan fingerprint density at radius 1 is 0.979 bits per heavy atom. The van der Waals surface area contributed by atoms with E-state index >= 15 is 0 Å². The monoisotopic (exact) mass is 687 g/mol. The summed E-state index contributed by atoms with van der Waals surface area (Å²) >= 11 is 6.33. The van der Waals surface area contributed by atoms with Crippen LogP contribution in [0.4, 0.5) is 5.69 Å². The lowest BCUT2D eigenvalue weighted by molar-refractivity contribution is -0.147. The van der Waals surface area contributed by atoms with Crippen molar-refractivity contribution < 1.29 is 32.6 Å². The van der Waals surface area contributed by atoms with Gasteiger partial charge < -0.3 is 24.4 Å². The Morgan fingerprint density at radius 2 is 1.81 bits per heavy atom. The quantitative estimate of drug-likeness (QED) is 0.448. The van der Waals surface area contributed by atoms with Gasteiger partial charge in [-0.15, -0.1) is 0 Å². The van der Waals surface area contributed by atoms with E-state index in [1.165, 1.54) is 0 Å². The van der Waals surface area contributed by atoms with Crippen molar-refractivity contribution in [2.75, 3.05) is 37.7 Å². The predicted molar refractivity (Wildman–Crippen MR) is 180 cm³/mol. The number of hydrogen-bond acceptors (Lipinski definition) is 8. The first-order valence-electron chi connectivity index (χ1n) is 16.9. The molecule has 1 saturated carbocycles. The molecule has 10 nitrogen and oxygen atoms in total. The zero-order chi connectivity index (χ0) is 33.3. The van der Waals surface area contributed by atoms with Gasteiger partial charge in [0.15, 0.2) is 0 Å². The summed E-state index contributed by atoms with van der Waals surface area (Å²) in [6.45, 7) is 5.89. The van der Waals surface area contributed by atoms with Gasteiger partial charge in [0.2, 0.25) is 15.9 Å². The number of amides is 2. The highest BCUT2D eigenvalue weighted by atomic mass is 35.5. The molecule has 256 valence electrons. The maximum absolute atomic E-state index is 13.6. The molecule has 2 N–H and O–H groups in total. The number of carbonyl (C=O) groups is 2. The van der Waals surface area contributed by atoms with Crippen LogP contribution in [-0.4, -0.2) is 80.5 Å². The number of benzene rings is 2. The third-order valence-corrected chi connectivity index (χ3v) is 13.0. The van der Waals surface area contributed by atoms with Crippen molar-refractivity contribution in [3.63, 3.8) is 0 Å². The van der Waals surface area contributed by atoms with Crippen LogP contribution in [0, 0.1) is 17.8 Å². The van der Waals surface area contributed by atoms with Gasteiger partial charge in [0.1, 0.15) is 19.0 Å². The smallest absolute Gasteiger partial charge is 0.264 e. The summed E-state index contributed by atoms with van der Waals surface area (Å²) in [5.74, 6) is -0.376. The van der Waals surface area contributed by atoms with Crippen molar-refractivity contribution in [1.82, 2.24) is 9.62 Å². The van der Waals surface area contributed by atoms with Gasteiger partial charge in [-0.1, -0.05) is 24.6 Å². The molecule has 2 bridgehead atoms. The zero-order valence-corrected chi connectivity index (χ0v) is 28.8. The Balaban J connectivity index is 1.36. The molecule has 2 amide bonds. The lowest BCUT2D eigenvalue weighted by Crippen LogP contribution is -2.52. The van der Waals surface area contributed by atoms with E-state index in [1.54, 1.807) is 30.0 Å². The number of aliphatic hydroxyl groups is 1. The number of aryl methyl sites for hydroxylation is 1. The Kier molecular flexibility index (Phi) is 10.4. The normalized spacial score (nSPS) is 30.5. The molecule has 2 aromatic rings. The van der Waals surface area contributed by atoms with Gasteiger partial charge in [0.25, 0.3) is 5.91 Å². The highest BCUT2D eigenvalue weighted by molar-refractivity contribution is 7.90. The first-order chi connectivity index (χ1) is 22.5. The highest BCUT2D eigenvalue weighted by Gasteiger charge is 2.41. The van der Waals surface area contributed by atoms with Gasteiger partial charge in [-0.2, -0.15) is 0 Å². The minimum absolute atomic E-state index is 0.0217. The molecule has 0 aromatic heterocycles. The summed E-state index contributed by atoms with van der Waals surface area (Å²) < 4.78 is 41.2. The number of carbonyl (C=O) groups excluding carboxylic acids is 2. The first kappa shape index (κ1) is 34.0. The summed E-state index contributed by atoms with van der Waals surface area (Å²) in [6, 6.07) is 10.6. The molecule has 3 aliphatic heterocycles. The number of fused-ring (bicyclic) bond motifs is 3. The molecular weight excluding hydrogens is 642 g/mol. The number of sulfonamides is 1. The van der Waals surface area contributed by atoms with Crippen molar-refractivity contribution in [2.45, 2.75) is 82.8 Å². The molecule has 0 unspecified atom stereocenters. The molecule has 6 atom stereocenters. The maximum Gasteiger partial charge on any atom is 0.264 e. The van der Waals surface area contributed by atoms with Crippen LogP contribution in [0.1, 0.15) is 73.9 Å². The topological polar surface area (TPSA) is 125 Å². The van der Waals surface area contributed by atoms with E-state index in [-0.39, 0.29) is 36.0 Å². The van der Waals surface area contributed by atoms with Crippen LogP contribution in [-0.2, 0) is 32.6 Å². The molecule has 1 aliphatic carbocycles. The average Bonchev–Trinajstić information content (AvgIpc) is 3.05. The first-order valence-corrected chi connectivity index (χ1v) is 18.8. The predicted octanol–water partition coefficient (Wildman–Crippen LogP) is 4.55. The fraction of sp³-hybridized carbons (Fsp3) is 0.600. The Morgan fingerprint density at radius 3 is 2.57 bits per heavy atom. The molecule has 2 aromatic carbocycles. The molecule has 12 heteroatoms. The summed E-state index contributed by atoms with van der Waals surface area (Å²) in [6.07, 6.45) is 4.61. The lowest BCUT2D eigenvalue weighted by Gasteiger charge is -2.45. The average molecular weight is 688 g/mol. The lowest BCUT2D eigenvalue weighted by atomic mass is 9.68. The third kappa shape index (κ3) is 7.58. The standard InChI is InChI=1S/C35H46ClN3O7S/c1-22-15-29(39-13-14-45-21-34(39)41)18-32(40)30-10-7-26(30)19-38-12-4-3-5-24-16-28(36)9-6-27(24)20-46-33-11-8-25(17-31(33)38)35(42)37-47(43,44)23(22)2/h6,8-9,11,16-17,22-23,26,29-30,32,40H,3-5,7,10,12-15,18-21H2,1-2H3,(H,37,42)/t22-,23+,26-,29+,30+,32+/m0/s1. The Bertz CT molecular complexity index is 1590. The Hall–Kier alpha value is -2.86. The Labute approximate surface area is 282 Å². The maximum atomic E-state index is 13.6. The van der Waals surface area contributed by atoms with Gasteiger partial charge in [0, 0.05) is 36.3 Å². The molecule has 6 rings (SSSR count). The van der Waals surface area contributed by atoms with Gasteiger partial charge in [-0.3, -0.25) is 9.59 Å². The van der Waals surface area contributed by atoms with Crippen molar-refractivity contribution in [1.29, 1.82) is 0 Å². The third-order valence-electron chi connectivity index (χ3n) is 10.8. The van der Waals surface area contributed by atoms with Crippen molar-refractivity contribution in [2.24, 2.45) is 17.8 Å². The van der Waals surface area contributed by atoms with Crippen LogP contribution in [0.3, 0.4) is 0 Å². The van der Waals surface area contributed by atoms with Crippen LogP contribution in [0.2, 0.25) is 5.02 Å². The minimum Gasteiger partial charge on any atom is -0.487 e. The largest absolute Gasteiger partial charge is 0.487 e. The van der Waals surface area contributed by atoms with E-state index in [4.69, 9.17) is 21.1 Å². The summed E-state index contributed by atoms with van der Waals surface area (Å²) in [4.78, 5) is 30.5. The minimum atomic E-state index is -4.07. The number of hydrogen-bond donors (Lipinski definition) is 2. The molecule has 0 spiro atoms. The van der Waals surface area contributed by atoms with E-state index < -0.39 is 33.2 Å². The van der Waals surface area contributed by atoms with Gasteiger partial charge >= 0.3 is 0 Å². The van der Waals surface area contributed by atoms with Crippen molar-refractivity contribution in [3.8, 4) is 5.75 Å². The SMILES string of the molecule is C[C@@H]1[C@@H](C)C[C@@H](N2CCOCC2=O)C[C@@H](O)[C@@H]2CC[C@H]2CN2CCCCc3cc(Cl)ccc3COc3ccc(cc32)C(=O)NS1(=O)=O. The molecule has 1 saturated heterocycles. The van der Waals surface area contributed by atoms with E-state index in [0.29, 0.717) is 56.5 Å². The number of nitrogens with one attached hydrogen (secondary N) is 1. The molecule has 0 radical (unpaired) electrons. The second-order valence-corrected chi connectivity index (χ2v) is 16.3. The van der Waals surface area contributed by atoms with Gasteiger partial charge in [-0.05, 0) is 111 Å². The van der Waals surface area contributed by atoms with Gasteiger partial charge in [0.05, 0.1) is 23.6 Å². The number of nitrogens with zero attached hydrogens (tertiary/aromatic N) is 2. The van der Waals surface area contributed by atoms with Crippen molar-refractivity contribution >= 4 is 39.1 Å². The fourth-order valence-electron chi connectivity index (χ4n) is 7.62. The molecular formula is C35H46ClN3O7S. The fourth-order valence-corrected chi connectivity index (χ4v) is 9.10. The summed E-state index contributed by atoms with van der Waals surface area (Å²) in [5.41, 5.74) is 3.17. The second-order valence-electron chi connectivity index (χ2n) is 13.8. The number of aliphatic hydroxyl groups excluding tert-OH is 1. The highest BCUT2D eigenvalue weighted by Crippen LogP contribution is 2.42. The number of morpholine rings is 1. The van der Waals surface area contributed by atoms with Crippen LogP contribution in [0.15, 0.2) is 36.4 Å². The van der Waals surface area contributed by atoms with Crippen LogP contribution in [0.25, 0.3) is 0 Å². The van der Waals surface area contributed by atoms with Crippen molar-refractivity contribution in [3.05, 3.63) is 58.1 Å². The van der Waals surface area contributed by atoms with E-state index in [0.717, 1.165) is 48.9 Å². The molecule has 47 heavy (non-hydrogen) atoms. The van der Waals surface area contributed by atoms with Gasteiger partial charge in [-0.25, -0.2) is 13.1 Å². The van der Waals surface area contributed by atoms with E-state index in [9.17, 15) is 23.1 Å². The number of ether oxygens (including phenoxy) is 2. The second kappa shape index (κ2) is 14.3. The van der Waals surface area contributed by atoms with Crippen LogP contribution < -0.4 is 14.4 Å². The summed E-state index contributed by atoms with van der Waals surface area (Å²) in [5, 5.41) is 11.5.